The molecular formula is C21H18N2O2S. The Hall–Kier alpha value is -2.92. The lowest BCUT2D eigenvalue weighted by atomic mass is 10.1. The number of thiophene rings is 1. The Morgan fingerprint density at radius 2 is 1.58 bits per heavy atom. The van der Waals surface area contributed by atoms with Crippen molar-refractivity contribution in [3.05, 3.63) is 77.2 Å². The number of anilines is 1. The number of rotatable bonds is 5. The fourth-order valence-corrected chi connectivity index (χ4v) is 3.52. The third kappa shape index (κ3) is 3.83. The van der Waals surface area contributed by atoms with Crippen LogP contribution in [0.1, 0.15) is 32.9 Å². The van der Waals surface area contributed by atoms with E-state index in [2.05, 4.69) is 10.6 Å². The van der Waals surface area contributed by atoms with Gasteiger partial charge in [0.25, 0.3) is 11.8 Å². The second kappa shape index (κ2) is 7.14. The molecule has 2 amide bonds. The van der Waals surface area contributed by atoms with E-state index in [1.165, 1.54) is 11.3 Å². The Kier molecular flexibility index (Phi) is 4.54. The first kappa shape index (κ1) is 16.5. The van der Waals surface area contributed by atoms with Crippen LogP contribution in [-0.2, 0) is 0 Å². The summed E-state index contributed by atoms with van der Waals surface area (Å²) in [5, 5.41) is 5.87. The fraction of sp³-hybridized carbons (Fsp3) is 0.143. The molecule has 4 rings (SSSR count). The highest BCUT2D eigenvalue weighted by atomic mass is 32.1. The third-order valence-corrected chi connectivity index (χ3v) is 5.34. The highest BCUT2D eigenvalue weighted by Gasteiger charge is 2.23. The summed E-state index contributed by atoms with van der Waals surface area (Å²) in [7, 11) is 0. The maximum atomic E-state index is 12.4. The molecule has 130 valence electrons. The minimum Gasteiger partial charge on any atom is -0.349 e. The third-order valence-electron chi connectivity index (χ3n) is 4.21. The van der Waals surface area contributed by atoms with Crippen LogP contribution in [0.25, 0.3) is 10.4 Å². The van der Waals surface area contributed by atoms with E-state index >= 15 is 0 Å². The van der Waals surface area contributed by atoms with Gasteiger partial charge in [-0.15, -0.1) is 11.3 Å². The predicted octanol–water partition coefficient (Wildman–Crippen LogP) is 4.56. The Balaban J connectivity index is 1.45. The van der Waals surface area contributed by atoms with Gasteiger partial charge in [-0.05, 0) is 54.8 Å². The smallest absolute Gasteiger partial charge is 0.265 e. The molecule has 2 aromatic carbocycles. The highest BCUT2D eigenvalue weighted by molar-refractivity contribution is 7.17. The van der Waals surface area contributed by atoms with Crippen molar-refractivity contribution in [1.82, 2.24) is 5.32 Å². The Morgan fingerprint density at radius 3 is 2.27 bits per heavy atom. The van der Waals surface area contributed by atoms with E-state index in [-0.39, 0.29) is 11.8 Å². The number of para-hydroxylation sites is 1. The van der Waals surface area contributed by atoms with E-state index < -0.39 is 0 Å². The molecule has 0 radical (unpaired) electrons. The topological polar surface area (TPSA) is 58.2 Å². The Bertz CT molecular complexity index is 928. The van der Waals surface area contributed by atoms with E-state index in [1.807, 2.05) is 66.7 Å². The molecule has 1 aliphatic rings. The van der Waals surface area contributed by atoms with Crippen LogP contribution in [0, 0.1) is 0 Å². The molecule has 0 saturated heterocycles. The summed E-state index contributed by atoms with van der Waals surface area (Å²) in [5.74, 6) is -0.138. The first-order chi connectivity index (χ1) is 12.7. The summed E-state index contributed by atoms with van der Waals surface area (Å²) in [5.41, 5.74) is 2.44. The van der Waals surface area contributed by atoms with Gasteiger partial charge in [0.2, 0.25) is 0 Å². The summed E-state index contributed by atoms with van der Waals surface area (Å²) in [4.78, 5) is 26.1. The zero-order valence-electron chi connectivity index (χ0n) is 14.1. The molecule has 2 N–H and O–H groups in total. The van der Waals surface area contributed by atoms with Crippen molar-refractivity contribution in [2.24, 2.45) is 0 Å². The van der Waals surface area contributed by atoms with Crippen molar-refractivity contribution in [1.29, 1.82) is 0 Å². The van der Waals surface area contributed by atoms with E-state index in [0.29, 0.717) is 16.5 Å². The zero-order chi connectivity index (χ0) is 17.9. The van der Waals surface area contributed by atoms with Crippen LogP contribution < -0.4 is 10.6 Å². The van der Waals surface area contributed by atoms with Crippen molar-refractivity contribution >= 4 is 28.8 Å². The fourth-order valence-electron chi connectivity index (χ4n) is 2.61. The van der Waals surface area contributed by atoms with Crippen LogP contribution in [0.2, 0.25) is 0 Å². The van der Waals surface area contributed by atoms with Crippen LogP contribution in [0.4, 0.5) is 5.69 Å². The number of hydrogen-bond donors (Lipinski definition) is 2. The first-order valence-electron chi connectivity index (χ1n) is 8.56. The van der Waals surface area contributed by atoms with Gasteiger partial charge < -0.3 is 10.6 Å². The monoisotopic (exact) mass is 362 g/mol. The second-order valence-corrected chi connectivity index (χ2v) is 7.39. The highest BCUT2D eigenvalue weighted by Crippen LogP contribution is 2.29. The molecule has 0 unspecified atom stereocenters. The average molecular weight is 362 g/mol. The maximum absolute atomic E-state index is 12.4. The summed E-state index contributed by atoms with van der Waals surface area (Å²) < 4.78 is 0. The predicted molar refractivity (Wildman–Crippen MR) is 105 cm³/mol. The van der Waals surface area contributed by atoms with Gasteiger partial charge in [-0.1, -0.05) is 30.3 Å². The molecule has 5 heteroatoms. The summed E-state index contributed by atoms with van der Waals surface area (Å²) >= 11 is 1.44. The summed E-state index contributed by atoms with van der Waals surface area (Å²) in [6, 6.07) is 21.0. The molecule has 0 spiro atoms. The van der Waals surface area contributed by atoms with Crippen molar-refractivity contribution < 1.29 is 9.59 Å². The van der Waals surface area contributed by atoms with Crippen LogP contribution >= 0.6 is 11.3 Å². The number of carbonyl (C=O) groups excluding carboxylic acids is 2. The van der Waals surface area contributed by atoms with Crippen LogP contribution in [-0.4, -0.2) is 17.9 Å². The number of amides is 2. The van der Waals surface area contributed by atoms with Crippen molar-refractivity contribution in [2.75, 3.05) is 5.32 Å². The summed E-state index contributed by atoms with van der Waals surface area (Å²) in [6.07, 6.45) is 2.15. The largest absolute Gasteiger partial charge is 0.349 e. The Labute approximate surface area is 155 Å². The standard InChI is InChI=1S/C21H18N2O2S/c24-20(22-17-10-11-17)15-8-6-14(7-9-15)18-12-13-19(26-18)21(25)23-16-4-2-1-3-5-16/h1-9,12-13,17H,10-11H2,(H,22,24)(H,23,25). The minimum absolute atomic E-state index is 0.0202. The number of benzene rings is 2. The lowest BCUT2D eigenvalue weighted by Crippen LogP contribution is -2.25. The van der Waals surface area contributed by atoms with Crippen molar-refractivity contribution in [2.45, 2.75) is 18.9 Å². The molecule has 0 atom stereocenters. The summed E-state index contributed by atoms with van der Waals surface area (Å²) in [6.45, 7) is 0. The van der Waals surface area contributed by atoms with E-state index in [0.717, 1.165) is 29.0 Å². The van der Waals surface area contributed by atoms with Crippen molar-refractivity contribution in [3.63, 3.8) is 0 Å². The van der Waals surface area contributed by atoms with Gasteiger partial charge in [0.15, 0.2) is 0 Å². The molecule has 1 aliphatic carbocycles. The van der Waals surface area contributed by atoms with Gasteiger partial charge in [0, 0.05) is 22.2 Å². The molecule has 3 aromatic rings. The van der Waals surface area contributed by atoms with Crippen LogP contribution in [0.3, 0.4) is 0 Å². The number of hydrogen-bond acceptors (Lipinski definition) is 3. The Morgan fingerprint density at radius 1 is 0.846 bits per heavy atom. The molecular weight excluding hydrogens is 344 g/mol. The number of carbonyl (C=O) groups is 2. The quantitative estimate of drug-likeness (QED) is 0.699. The van der Waals surface area contributed by atoms with Gasteiger partial charge in [-0.2, -0.15) is 0 Å². The van der Waals surface area contributed by atoms with Crippen LogP contribution in [0.15, 0.2) is 66.7 Å². The zero-order valence-corrected chi connectivity index (χ0v) is 14.9. The molecule has 1 heterocycles. The molecule has 1 saturated carbocycles. The SMILES string of the molecule is O=C(NC1CC1)c1ccc(-c2ccc(C(=O)Nc3ccccc3)s2)cc1. The average Bonchev–Trinajstić information content (AvgIpc) is 3.34. The molecule has 0 bridgehead atoms. The van der Waals surface area contributed by atoms with Gasteiger partial charge in [-0.3, -0.25) is 9.59 Å². The van der Waals surface area contributed by atoms with Gasteiger partial charge in [-0.25, -0.2) is 0 Å². The molecule has 4 nitrogen and oxygen atoms in total. The second-order valence-electron chi connectivity index (χ2n) is 6.31. The lowest BCUT2D eigenvalue weighted by molar-refractivity contribution is 0.0950. The van der Waals surface area contributed by atoms with Gasteiger partial charge in [0.1, 0.15) is 0 Å². The van der Waals surface area contributed by atoms with Gasteiger partial charge >= 0.3 is 0 Å². The van der Waals surface area contributed by atoms with E-state index in [1.54, 1.807) is 0 Å². The minimum atomic E-state index is -0.118. The van der Waals surface area contributed by atoms with E-state index in [4.69, 9.17) is 0 Å². The molecule has 26 heavy (non-hydrogen) atoms. The first-order valence-corrected chi connectivity index (χ1v) is 9.38. The molecule has 1 fully saturated rings. The number of nitrogens with one attached hydrogen (secondary N) is 2. The van der Waals surface area contributed by atoms with Gasteiger partial charge in [0.05, 0.1) is 4.88 Å². The van der Waals surface area contributed by atoms with E-state index in [9.17, 15) is 9.59 Å². The van der Waals surface area contributed by atoms with Crippen LogP contribution in [0.5, 0.6) is 0 Å². The molecule has 1 aromatic heterocycles. The maximum Gasteiger partial charge on any atom is 0.265 e. The normalized spacial score (nSPS) is 13.2. The lowest BCUT2D eigenvalue weighted by Gasteiger charge is -2.04. The van der Waals surface area contributed by atoms with Crippen molar-refractivity contribution in [3.8, 4) is 10.4 Å². The molecule has 0 aliphatic heterocycles.